The van der Waals surface area contributed by atoms with E-state index in [-0.39, 0.29) is 18.0 Å². The smallest absolute Gasteiger partial charge is 0.408 e. The van der Waals surface area contributed by atoms with E-state index in [0.29, 0.717) is 6.07 Å². The zero-order chi connectivity index (χ0) is 16.5. The van der Waals surface area contributed by atoms with Crippen molar-refractivity contribution in [1.82, 2.24) is 5.32 Å². The van der Waals surface area contributed by atoms with Crippen LogP contribution in [0.15, 0.2) is 12.1 Å². The molecule has 2 rings (SSSR count). The molecule has 1 aliphatic rings. The molecule has 2 amide bonds. The molecule has 2 N–H and O–H groups in total. The number of ether oxygens (including phenoxy) is 2. The molecule has 1 aliphatic heterocycles. The van der Waals surface area contributed by atoms with Crippen molar-refractivity contribution in [2.75, 3.05) is 11.9 Å². The van der Waals surface area contributed by atoms with E-state index in [1.165, 1.54) is 0 Å². The fraction of sp³-hybridized carbons (Fsp3) is 0.429. The number of rotatable bonds is 1. The molecule has 6 nitrogen and oxygen atoms in total. The molecule has 0 fully saturated rings. The molecule has 1 aromatic carbocycles. The van der Waals surface area contributed by atoms with Gasteiger partial charge in [0.2, 0.25) is 0 Å². The van der Waals surface area contributed by atoms with Crippen molar-refractivity contribution in [3.8, 4) is 5.75 Å². The van der Waals surface area contributed by atoms with Crippen LogP contribution >= 0.6 is 0 Å². The maximum absolute atomic E-state index is 13.7. The van der Waals surface area contributed by atoms with Crippen LogP contribution in [0.1, 0.15) is 20.8 Å². The number of carbonyl (C=O) groups is 2. The van der Waals surface area contributed by atoms with Crippen molar-refractivity contribution in [2.24, 2.45) is 0 Å². The van der Waals surface area contributed by atoms with Crippen LogP contribution in [0.2, 0.25) is 0 Å². The highest BCUT2D eigenvalue weighted by Crippen LogP contribution is 2.30. The van der Waals surface area contributed by atoms with Crippen molar-refractivity contribution in [1.29, 1.82) is 0 Å². The second-order valence-electron chi connectivity index (χ2n) is 5.76. The van der Waals surface area contributed by atoms with E-state index >= 15 is 0 Å². The Morgan fingerprint density at radius 2 is 2.09 bits per heavy atom. The van der Waals surface area contributed by atoms with E-state index in [1.807, 2.05) is 0 Å². The molecule has 120 valence electrons. The lowest BCUT2D eigenvalue weighted by molar-refractivity contribution is -0.118. The van der Waals surface area contributed by atoms with E-state index in [4.69, 9.17) is 9.47 Å². The first kappa shape index (κ1) is 16.0. The van der Waals surface area contributed by atoms with E-state index in [9.17, 15) is 18.4 Å². The summed E-state index contributed by atoms with van der Waals surface area (Å²) >= 11 is 0. The van der Waals surface area contributed by atoms with Crippen molar-refractivity contribution < 1.29 is 27.8 Å². The van der Waals surface area contributed by atoms with Gasteiger partial charge in [-0.15, -0.1) is 0 Å². The molecule has 1 atom stereocenters. The van der Waals surface area contributed by atoms with Gasteiger partial charge >= 0.3 is 6.09 Å². The minimum absolute atomic E-state index is 0.140. The summed E-state index contributed by atoms with van der Waals surface area (Å²) in [5.74, 6) is -2.61. The summed E-state index contributed by atoms with van der Waals surface area (Å²) in [5.41, 5.74) is -0.996. The van der Waals surface area contributed by atoms with Gasteiger partial charge in [-0.3, -0.25) is 4.79 Å². The largest absolute Gasteiger partial charge is 0.488 e. The molecule has 0 bridgehead atoms. The molecular formula is C14H16F2N2O4. The number of carbonyl (C=O) groups excluding carboxylic acids is 2. The van der Waals surface area contributed by atoms with Gasteiger partial charge in [0, 0.05) is 12.1 Å². The second kappa shape index (κ2) is 5.78. The van der Waals surface area contributed by atoms with Gasteiger partial charge in [0.05, 0.1) is 0 Å². The number of benzene rings is 1. The minimum atomic E-state index is -1.09. The molecule has 22 heavy (non-hydrogen) atoms. The third-order valence-electron chi connectivity index (χ3n) is 2.68. The number of nitrogens with one attached hydrogen (secondary N) is 2. The lowest BCUT2D eigenvalue weighted by atomic mass is 10.2. The van der Waals surface area contributed by atoms with Crippen LogP contribution in [0.25, 0.3) is 0 Å². The van der Waals surface area contributed by atoms with Gasteiger partial charge in [-0.2, -0.15) is 0 Å². The first-order valence-corrected chi connectivity index (χ1v) is 6.58. The number of fused-ring (bicyclic) bond motifs is 1. The molecular weight excluding hydrogens is 298 g/mol. The molecule has 0 aromatic heterocycles. The van der Waals surface area contributed by atoms with E-state index < -0.39 is 35.3 Å². The van der Waals surface area contributed by atoms with Crippen molar-refractivity contribution >= 4 is 17.7 Å². The number of hydrogen-bond acceptors (Lipinski definition) is 4. The van der Waals surface area contributed by atoms with E-state index in [2.05, 4.69) is 10.6 Å². The number of halogens is 2. The molecule has 1 aromatic rings. The fourth-order valence-corrected chi connectivity index (χ4v) is 1.80. The SMILES string of the molecule is CC(C)(C)OC(=O)N[C@H]1COc2cc(F)cc(F)c2NC1=O. The molecule has 0 radical (unpaired) electrons. The molecule has 1 heterocycles. The second-order valence-corrected chi connectivity index (χ2v) is 5.76. The van der Waals surface area contributed by atoms with Crippen molar-refractivity contribution in [3.63, 3.8) is 0 Å². The summed E-state index contributed by atoms with van der Waals surface area (Å²) in [6.45, 7) is 4.74. The van der Waals surface area contributed by atoms with Crippen LogP contribution in [0, 0.1) is 11.6 Å². The van der Waals surface area contributed by atoms with Gasteiger partial charge in [-0.25, -0.2) is 13.6 Å². The summed E-state index contributed by atoms with van der Waals surface area (Å²) in [5, 5.41) is 4.58. The zero-order valence-electron chi connectivity index (χ0n) is 12.3. The lowest BCUT2D eigenvalue weighted by Gasteiger charge is -2.22. The van der Waals surface area contributed by atoms with Gasteiger partial charge in [0.15, 0.2) is 5.82 Å². The Hall–Kier alpha value is -2.38. The van der Waals surface area contributed by atoms with Gasteiger partial charge in [0.25, 0.3) is 5.91 Å². The van der Waals surface area contributed by atoms with E-state index in [1.54, 1.807) is 20.8 Å². The average molecular weight is 314 g/mol. The first-order valence-electron chi connectivity index (χ1n) is 6.58. The van der Waals surface area contributed by atoms with Crippen LogP contribution in [-0.4, -0.2) is 30.3 Å². The Bertz CT molecular complexity index is 614. The van der Waals surface area contributed by atoms with Crippen LogP contribution in [0.5, 0.6) is 5.75 Å². The summed E-state index contributed by atoms with van der Waals surface area (Å²) in [4.78, 5) is 23.7. The Labute approximate surface area is 125 Å². The molecule has 0 saturated carbocycles. The minimum Gasteiger partial charge on any atom is -0.488 e. The van der Waals surface area contributed by atoms with Gasteiger partial charge in [0.1, 0.15) is 35.5 Å². The van der Waals surface area contributed by atoms with Gasteiger partial charge < -0.3 is 20.1 Å². The molecule has 0 unspecified atom stereocenters. The molecule has 8 heteroatoms. The summed E-state index contributed by atoms with van der Waals surface area (Å²) < 4.78 is 37.0. The molecule has 0 saturated heterocycles. The van der Waals surface area contributed by atoms with Crippen LogP contribution < -0.4 is 15.4 Å². The van der Waals surface area contributed by atoms with Gasteiger partial charge in [-0.05, 0) is 20.8 Å². The highest BCUT2D eigenvalue weighted by Gasteiger charge is 2.30. The third kappa shape index (κ3) is 3.84. The van der Waals surface area contributed by atoms with E-state index in [0.717, 1.165) is 6.07 Å². The van der Waals surface area contributed by atoms with Crippen molar-refractivity contribution in [2.45, 2.75) is 32.4 Å². The highest BCUT2D eigenvalue weighted by molar-refractivity contribution is 5.98. The monoisotopic (exact) mass is 314 g/mol. The highest BCUT2D eigenvalue weighted by atomic mass is 19.1. The third-order valence-corrected chi connectivity index (χ3v) is 2.68. The first-order chi connectivity index (χ1) is 10.2. The molecule has 0 aliphatic carbocycles. The predicted octanol–water partition coefficient (Wildman–Crippen LogP) is 2.19. The maximum atomic E-state index is 13.7. The molecule has 0 spiro atoms. The standard InChI is InChI=1S/C14H16F2N2O4/c1-14(2,3)22-13(20)17-9-6-21-10-5-7(15)4-8(16)11(10)18-12(9)19/h4-5,9H,6H2,1-3H3,(H,17,20)(H,18,19)/t9-/m0/s1. The predicted molar refractivity (Wildman–Crippen MR) is 73.6 cm³/mol. The van der Waals surface area contributed by atoms with Crippen LogP contribution in [-0.2, 0) is 9.53 Å². The number of alkyl carbamates (subject to hydrolysis) is 1. The Morgan fingerprint density at radius 1 is 1.41 bits per heavy atom. The summed E-state index contributed by atoms with van der Waals surface area (Å²) in [7, 11) is 0. The summed E-state index contributed by atoms with van der Waals surface area (Å²) in [6, 6.07) is 0.489. The maximum Gasteiger partial charge on any atom is 0.408 e. The number of anilines is 1. The number of hydrogen-bond donors (Lipinski definition) is 2. The Kier molecular flexibility index (Phi) is 4.20. The average Bonchev–Trinajstić information content (AvgIpc) is 2.49. The number of amides is 2. The van der Waals surface area contributed by atoms with Crippen LogP contribution in [0.4, 0.5) is 19.3 Å². The Morgan fingerprint density at radius 3 is 2.73 bits per heavy atom. The van der Waals surface area contributed by atoms with Crippen molar-refractivity contribution in [3.05, 3.63) is 23.8 Å². The normalized spacial score (nSPS) is 17.7. The topological polar surface area (TPSA) is 76.7 Å². The fourth-order valence-electron chi connectivity index (χ4n) is 1.80. The zero-order valence-corrected chi connectivity index (χ0v) is 12.3. The quantitative estimate of drug-likeness (QED) is 0.833. The van der Waals surface area contributed by atoms with Crippen LogP contribution in [0.3, 0.4) is 0 Å². The summed E-state index contributed by atoms with van der Waals surface area (Å²) in [6.07, 6.45) is -0.811. The van der Waals surface area contributed by atoms with Gasteiger partial charge in [-0.1, -0.05) is 0 Å². The lowest BCUT2D eigenvalue weighted by Crippen LogP contribution is -2.48. The Balaban J connectivity index is 2.12.